The number of rotatable bonds is 3. The van der Waals surface area contributed by atoms with Gasteiger partial charge in [-0.1, -0.05) is 17.3 Å². The molecule has 134 valence electrons. The van der Waals surface area contributed by atoms with Gasteiger partial charge in [0.2, 0.25) is 5.82 Å². The molecule has 3 rings (SSSR count). The third-order valence-electron chi connectivity index (χ3n) is 4.92. The lowest BCUT2D eigenvalue weighted by Crippen LogP contribution is -2.09. The maximum Gasteiger partial charge on any atom is 0.336 e. The molecule has 1 N–H and O–H groups in total. The van der Waals surface area contributed by atoms with E-state index in [-0.39, 0.29) is 22.8 Å². The molecule has 0 bridgehead atoms. The van der Waals surface area contributed by atoms with E-state index in [9.17, 15) is 14.3 Å². The fraction of sp³-hybridized carbons (Fsp3) is 0.250. The first-order chi connectivity index (χ1) is 12.2. The van der Waals surface area contributed by atoms with E-state index in [4.69, 9.17) is 4.52 Å². The van der Waals surface area contributed by atoms with Crippen molar-refractivity contribution in [2.24, 2.45) is 0 Å². The lowest BCUT2D eigenvalue weighted by Gasteiger charge is -2.16. The molecule has 3 aromatic rings. The molecule has 0 amide bonds. The number of benzene rings is 2. The number of aryl methyl sites for hydroxylation is 1. The highest BCUT2D eigenvalue weighted by Crippen LogP contribution is 2.34. The first-order valence-corrected chi connectivity index (χ1v) is 8.17. The van der Waals surface area contributed by atoms with Crippen LogP contribution in [0.2, 0.25) is 0 Å². The molecule has 0 spiro atoms. The molecular formula is C20H19FN2O3. The van der Waals surface area contributed by atoms with Crippen molar-refractivity contribution < 1.29 is 18.8 Å². The Morgan fingerprint density at radius 2 is 1.69 bits per heavy atom. The van der Waals surface area contributed by atoms with E-state index in [1.165, 1.54) is 6.07 Å². The zero-order chi connectivity index (χ0) is 19.2. The molecule has 5 nitrogen and oxygen atoms in total. The standard InChI is InChI=1S/C20H19FN2O3/c1-9-7-6-8-14(21)15(9)19-22-18(23-26-19)16-11(3)10(2)12(4)17(13(16)5)20(24)25/h6-8H,1-5H3,(H,24,25). The van der Waals surface area contributed by atoms with E-state index in [2.05, 4.69) is 10.1 Å². The second-order valence-corrected chi connectivity index (χ2v) is 6.41. The van der Waals surface area contributed by atoms with E-state index in [0.29, 0.717) is 22.3 Å². The Kier molecular flexibility index (Phi) is 4.36. The number of carbonyl (C=O) groups is 1. The van der Waals surface area contributed by atoms with Gasteiger partial charge in [-0.05, 0) is 68.5 Å². The highest BCUT2D eigenvalue weighted by molar-refractivity contribution is 5.94. The van der Waals surface area contributed by atoms with Gasteiger partial charge in [-0.25, -0.2) is 9.18 Å². The first-order valence-electron chi connectivity index (χ1n) is 8.17. The number of carboxylic acid groups (broad SMARTS) is 1. The van der Waals surface area contributed by atoms with Gasteiger partial charge in [0.25, 0.3) is 5.89 Å². The van der Waals surface area contributed by atoms with Crippen molar-refractivity contribution in [3.05, 3.63) is 57.4 Å². The average molecular weight is 354 g/mol. The molecule has 0 radical (unpaired) electrons. The third kappa shape index (κ3) is 2.67. The maximum atomic E-state index is 14.2. The molecule has 0 atom stereocenters. The Bertz CT molecular complexity index is 1020. The summed E-state index contributed by atoms with van der Waals surface area (Å²) in [6.45, 7) is 9.02. The van der Waals surface area contributed by atoms with Gasteiger partial charge < -0.3 is 9.63 Å². The molecule has 1 aromatic heterocycles. The summed E-state index contributed by atoms with van der Waals surface area (Å²) < 4.78 is 19.5. The van der Waals surface area contributed by atoms with E-state index >= 15 is 0 Å². The Morgan fingerprint density at radius 1 is 1.00 bits per heavy atom. The Labute approximate surface area is 150 Å². The summed E-state index contributed by atoms with van der Waals surface area (Å²) in [5.41, 5.74) is 4.79. The lowest BCUT2D eigenvalue weighted by atomic mass is 9.88. The molecule has 26 heavy (non-hydrogen) atoms. The van der Waals surface area contributed by atoms with Gasteiger partial charge in [0, 0.05) is 5.56 Å². The molecule has 2 aromatic carbocycles. The summed E-state index contributed by atoms with van der Waals surface area (Å²) in [6.07, 6.45) is 0. The largest absolute Gasteiger partial charge is 0.478 e. The maximum absolute atomic E-state index is 14.2. The quantitative estimate of drug-likeness (QED) is 0.732. The van der Waals surface area contributed by atoms with E-state index < -0.39 is 11.8 Å². The zero-order valence-electron chi connectivity index (χ0n) is 15.3. The summed E-state index contributed by atoms with van der Waals surface area (Å²) in [5, 5.41) is 13.6. The van der Waals surface area contributed by atoms with Gasteiger partial charge >= 0.3 is 5.97 Å². The number of halogens is 1. The van der Waals surface area contributed by atoms with Crippen molar-refractivity contribution in [2.45, 2.75) is 34.6 Å². The van der Waals surface area contributed by atoms with Crippen LogP contribution >= 0.6 is 0 Å². The number of aromatic carboxylic acids is 1. The molecule has 0 saturated carbocycles. The number of hydrogen-bond acceptors (Lipinski definition) is 4. The van der Waals surface area contributed by atoms with Crippen molar-refractivity contribution in [2.75, 3.05) is 0 Å². The predicted molar refractivity (Wildman–Crippen MR) is 95.8 cm³/mol. The fourth-order valence-electron chi connectivity index (χ4n) is 3.33. The van der Waals surface area contributed by atoms with Crippen LogP contribution in [0, 0.1) is 40.4 Å². The molecule has 1 heterocycles. The van der Waals surface area contributed by atoms with E-state index in [1.54, 1.807) is 32.9 Å². The summed E-state index contributed by atoms with van der Waals surface area (Å²) in [7, 11) is 0. The summed E-state index contributed by atoms with van der Waals surface area (Å²) in [6, 6.07) is 4.71. The number of aromatic nitrogens is 2. The Morgan fingerprint density at radius 3 is 2.31 bits per heavy atom. The fourth-order valence-corrected chi connectivity index (χ4v) is 3.33. The molecule has 0 saturated heterocycles. The van der Waals surface area contributed by atoms with Crippen molar-refractivity contribution in [1.82, 2.24) is 10.1 Å². The number of hydrogen-bond donors (Lipinski definition) is 1. The minimum absolute atomic E-state index is 0.0736. The van der Waals surface area contributed by atoms with Crippen molar-refractivity contribution >= 4 is 5.97 Å². The first kappa shape index (κ1) is 17.8. The minimum atomic E-state index is -1.00. The molecule has 0 aliphatic heterocycles. The van der Waals surface area contributed by atoms with Crippen LogP contribution in [0.15, 0.2) is 22.7 Å². The van der Waals surface area contributed by atoms with Crippen LogP contribution in [-0.2, 0) is 0 Å². The lowest BCUT2D eigenvalue weighted by molar-refractivity contribution is 0.0695. The molecule has 0 unspecified atom stereocenters. The third-order valence-corrected chi connectivity index (χ3v) is 4.92. The van der Waals surface area contributed by atoms with Crippen LogP contribution in [0.1, 0.15) is 38.2 Å². The number of carboxylic acids is 1. The van der Waals surface area contributed by atoms with Gasteiger partial charge in [-0.3, -0.25) is 0 Å². The van der Waals surface area contributed by atoms with Gasteiger partial charge in [0.05, 0.1) is 11.1 Å². The van der Waals surface area contributed by atoms with Crippen molar-refractivity contribution in [3.63, 3.8) is 0 Å². The Hall–Kier alpha value is -3.02. The minimum Gasteiger partial charge on any atom is -0.478 e. The van der Waals surface area contributed by atoms with E-state index in [1.807, 2.05) is 13.8 Å². The van der Waals surface area contributed by atoms with Gasteiger partial charge in [0.1, 0.15) is 5.82 Å². The Balaban J connectivity index is 2.24. The SMILES string of the molecule is Cc1cccc(F)c1-c1nc(-c2c(C)c(C)c(C)c(C(=O)O)c2C)no1. The van der Waals surface area contributed by atoms with E-state index in [0.717, 1.165) is 11.1 Å². The summed E-state index contributed by atoms with van der Waals surface area (Å²) >= 11 is 0. The monoisotopic (exact) mass is 354 g/mol. The molecule has 0 aliphatic rings. The van der Waals surface area contributed by atoms with Crippen LogP contribution in [0.3, 0.4) is 0 Å². The molecule has 0 fully saturated rings. The second-order valence-electron chi connectivity index (χ2n) is 6.41. The van der Waals surface area contributed by atoms with Crippen molar-refractivity contribution in [3.8, 4) is 22.8 Å². The molecule has 6 heteroatoms. The number of nitrogens with zero attached hydrogens (tertiary/aromatic N) is 2. The normalized spacial score (nSPS) is 11.0. The van der Waals surface area contributed by atoms with Crippen LogP contribution in [-0.4, -0.2) is 21.2 Å². The van der Waals surface area contributed by atoms with Crippen LogP contribution in [0.25, 0.3) is 22.8 Å². The van der Waals surface area contributed by atoms with Crippen LogP contribution in [0.4, 0.5) is 4.39 Å². The van der Waals surface area contributed by atoms with Crippen LogP contribution < -0.4 is 0 Å². The summed E-state index contributed by atoms with van der Waals surface area (Å²) in [4.78, 5) is 16.0. The van der Waals surface area contributed by atoms with Gasteiger partial charge in [-0.2, -0.15) is 4.98 Å². The van der Waals surface area contributed by atoms with Gasteiger partial charge in [-0.15, -0.1) is 0 Å². The highest BCUT2D eigenvalue weighted by Gasteiger charge is 2.24. The average Bonchev–Trinajstić information content (AvgIpc) is 3.01. The highest BCUT2D eigenvalue weighted by atomic mass is 19.1. The predicted octanol–water partition coefficient (Wildman–Crippen LogP) is 4.78. The molecular weight excluding hydrogens is 335 g/mol. The van der Waals surface area contributed by atoms with Crippen molar-refractivity contribution in [1.29, 1.82) is 0 Å². The zero-order valence-corrected chi connectivity index (χ0v) is 15.3. The summed E-state index contributed by atoms with van der Waals surface area (Å²) in [5.74, 6) is -1.12. The molecule has 0 aliphatic carbocycles. The smallest absolute Gasteiger partial charge is 0.336 e. The van der Waals surface area contributed by atoms with Crippen LogP contribution in [0.5, 0.6) is 0 Å². The second kappa shape index (κ2) is 6.37. The topological polar surface area (TPSA) is 76.2 Å². The van der Waals surface area contributed by atoms with Gasteiger partial charge in [0.15, 0.2) is 0 Å².